The van der Waals surface area contributed by atoms with Crippen molar-refractivity contribution in [3.05, 3.63) is 65.5 Å². The SMILES string of the molecule is Cc1cc(C(=O)COC(=O)COc2ccc3ccccc3c2)c(C)n1C1CC1. The van der Waals surface area contributed by atoms with Crippen molar-refractivity contribution in [2.24, 2.45) is 0 Å². The molecule has 5 heteroatoms. The number of ether oxygens (including phenoxy) is 2. The minimum Gasteiger partial charge on any atom is -0.482 e. The van der Waals surface area contributed by atoms with Gasteiger partial charge >= 0.3 is 5.97 Å². The van der Waals surface area contributed by atoms with Crippen LogP contribution in [0.2, 0.25) is 0 Å². The molecule has 28 heavy (non-hydrogen) atoms. The normalized spacial score (nSPS) is 13.5. The van der Waals surface area contributed by atoms with Crippen LogP contribution in [0, 0.1) is 13.8 Å². The minimum absolute atomic E-state index is 0.181. The number of fused-ring (bicyclic) bond motifs is 1. The molecule has 0 radical (unpaired) electrons. The number of esters is 1. The van der Waals surface area contributed by atoms with Gasteiger partial charge in [0.15, 0.2) is 13.2 Å². The Labute approximate surface area is 163 Å². The molecular weight excluding hydrogens is 354 g/mol. The van der Waals surface area contributed by atoms with Crippen LogP contribution in [-0.4, -0.2) is 29.5 Å². The maximum Gasteiger partial charge on any atom is 0.344 e. The molecule has 2 aromatic carbocycles. The zero-order valence-corrected chi connectivity index (χ0v) is 16.1. The number of Topliss-reactive ketones (excluding diaryl/α,β-unsaturated/α-hetero) is 1. The first kappa shape index (κ1) is 18.3. The second-order valence-electron chi connectivity index (χ2n) is 7.27. The zero-order chi connectivity index (χ0) is 19.7. The number of nitrogens with zero attached hydrogens (tertiary/aromatic N) is 1. The van der Waals surface area contributed by atoms with E-state index >= 15 is 0 Å². The van der Waals surface area contributed by atoms with Crippen molar-refractivity contribution < 1.29 is 19.1 Å². The van der Waals surface area contributed by atoms with Gasteiger partial charge in [-0.3, -0.25) is 4.79 Å². The molecule has 0 atom stereocenters. The molecule has 1 fully saturated rings. The van der Waals surface area contributed by atoms with E-state index < -0.39 is 5.97 Å². The lowest BCUT2D eigenvalue weighted by Gasteiger charge is -2.09. The summed E-state index contributed by atoms with van der Waals surface area (Å²) in [6.07, 6.45) is 2.32. The third-order valence-electron chi connectivity index (χ3n) is 5.14. The van der Waals surface area contributed by atoms with Gasteiger partial charge < -0.3 is 14.0 Å². The first-order valence-corrected chi connectivity index (χ1v) is 9.52. The van der Waals surface area contributed by atoms with Gasteiger partial charge in [-0.25, -0.2) is 4.79 Å². The lowest BCUT2D eigenvalue weighted by molar-refractivity contribution is -0.144. The quantitative estimate of drug-likeness (QED) is 0.452. The molecular formula is C23H23NO4. The van der Waals surface area contributed by atoms with E-state index in [-0.39, 0.29) is 19.0 Å². The average molecular weight is 377 g/mol. The Morgan fingerprint density at radius 1 is 1.00 bits per heavy atom. The Balaban J connectivity index is 1.31. The van der Waals surface area contributed by atoms with E-state index in [0.717, 1.165) is 35.0 Å². The minimum atomic E-state index is -0.558. The fourth-order valence-electron chi connectivity index (χ4n) is 3.62. The monoisotopic (exact) mass is 377 g/mol. The van der Waals surface area contributed by atoms with E-state index in [4.69, 9.17) is 9.47 Å². The van der Waals surface area contributed by atoms with Crippen LogP contribution in [0.4, 0.5) is 0 Å². The summed E-state index contributed by atoms with van der Waals surface area (Å²) in [6.45, 7) is 3.45. The smallest absolute Gasteiger partial charge is 0.344 e. The summed E-state index contributed by atoms with van der Waals surface area (Å²) in [7, 11) is 0. The van der Waals surface area contributed by atoms with Gasteiger partial charge in [0.25, 0.3) is 0 Å². The Kier molecular flexibility index (Phi) is 4.90. The molecule has 0 N–H and O–H groups in total. The molecule has 1 aliphatic carbocycles. The number of aryl methyl sites for hydroxylation is 1. The maximum absolute atomic E-state index is 12.5. The third-order valence-corrected chi connectivity index (χ3v) is 5.14. The molecule has 5 nitrogen and oxygen atoms in total. The molecule has 0 amide bonds. The van der Waals surface area contributed by atoms with E-state index in [1.165, 1.54) is 0 Å². The van der Waals surface area contributed by atoms with Crippen molar-refractivity contribution in [2.75, 3.05) is 13.2 Å². The summed E-state index contributed by atoms with van der Waals surface area (Å²) >= 11 is 0. The van der Waals surface area contributed by atoms with Gasteiger partial charge in [-0.1, -0.05) is 30.3 Å². The topological polar surface area (TPSA) is 57.5 Å². The highest BCUT2D eigenvalue weighted by molar-refractivity contribution is 5.99. The Bertz CT molecular complexity index is 1050. The highest BCUT2D eigenvalue weighted by Gasteiger charge is 2.28. The summed E-state index contributed by atoms with van der Waals surface area (Å²) < 4.78 is 12.8. The molecule has 0 saturated heterocycles. The van der Waals surface area contributed by atoms with Gasteiger partial charge in [0.1, 0.15) is 5.75 Å². The number of carbonyl (C=O) groups is 2. The van der Waals surface area contributed by atoms with Crippen LogP contribution in [-0.2, 0) is 9.53 Å². The van der Waals surface area contributed by atoms with Crippen molar-refractivity contribution in [1.82, 2.24) is 4.57 Å². The summed E-state index contributed by atoms with van der Waals surface area (Å²) in [5.41, 5.74) is 2.66. The summed E-state index contributed by atoms with van der Waals surface area (Å²) in [6, 6.07) is 15.9. The number of carbonyl (C=O) groups excluding carboxylic acids is 2. The molecule has 1 saturated carbocycles. The molecule has 1 aromatic heterocycles. The first-order valence-electron chi connectivity index (χ1n) is 9.52. The van der Waals surface area contributed by atoms with Gasteiger partial charge in [0, 0.05) is 23.0 Å². The van der Waals surface area contributed by atoms with Crippen LogP contribution >= 0.6 is 0 Å². The van der Waals surface area contributed by atoms with E-state index in [1.807, 2.05) is 62.4 Å². The fourth-order valence-corrected chi connectivity index (χ4v) is 3.62. The van der Waals surface area contributed by atoms with Crippen LogP contribution in [0.15, 0.2) is 48.5 Å². The van der Waals surface area contributed by atoms with E-state index in [0.29, 0.717) is 17.4 Å². The van der Waals surface area contributed by atoms with Gasteiger partial charge in [0.2, 0.25) is 5.78 Å². The lowest BCUT2D eigenvalue weighted by Crippen LogP contribution is -2.19. The molecule has 0 spiro atoms. The molecule has 0 bridgehead atoms. The van der Waals surface area contributed by atoms with Crippen molar-refractivity contribution in [3.8, 4) is 5.75 Å². The summed E-state index contributed by atoms with van der Waals surface area (Å²) in [5, 5.41) is 2.14. The molecule has 0 unspecified atom stereocenters. The zero-order valence-electron chi connectivity index (χ0n) is 16.1. The van der Waals surface area contributed by atoms with E-state index in [2.05, 4.69) is 4.57 Å². The second kappa shape index (κ2) is 7.50. The van der Waals surface area contributed by atoms with E-state index in [9.17, 15) is 9.59 Å². The predicted molar refractivity (Wildman–Crippen MR) is 107 cm³/mol. The van der Waals surface area contributed by atoms with E-state index in [1.54, 1.807) is 0 Å². The van der Waals surface area contributed by atoms with Crippen molar-refractivity contribution in [1.29, 1.82) is 0 Å². The first-order chi connectivity index (χ1) is 13.5. The van der Waals surface area contributed by atoms with Crippen LogP contribution in [0.5, 0.6) is 5.75 Å². The molecule has 1 heterocycles. The van der Waals surface area contributed by atoms with Crippen molar-refractivity contribution >= 4 is 22.5 Å². The Morgan fingerprint density at radius 2 is 1.75 bits per heavy atom. The largest absolute Gasteiger partial charge is 0.482 e. The average Bonchev–Trinajstić information content (AvgIpc) is 3.48. The number of rotatable bonds is 7. The van der Waals surface area contributed by atoms with Crippen molar-refractivity contribution in [3.63, 3.8) is 0 Å². The number of hydrogen-bond acceptors (Lipinski definition) is 4. The maximum atomic E-state index is 12.5. The highest BCUT2D eigenvalue weighted by atomic mass is 16.6. The van der Waals surface area contributed by atoms with Crippen LogP contribution in [0.1, 0.15) is 40.6 Å². The van der Waals surface area contributed by atoms with Gasteiger partial charge in [-0.15, -0.1) is 0 Å². The molecule has 1 aliphatic rings. The Hall–Kier alpha value is -3.08. The van der Waals surface area contributed by atoms with Crippen LogP contribution < -0.4 is 4.74 Å². The van der Waals surface area contributed by atoms with Crippen molar-refractivity contribution in [2.45, 2.75) is 32.7 Å². The highest BCUT2D eigenvalue weighted by Crippen LogP contribution is 2.38. The predicted octanol–water partition coefficient (Wildman–Crippen LogP) is 4.40. The van der Waals surface area contributed by atoms with Gasteiger partial charge in [0.05, 0.1) is 0 Å². The van der Waals surface area contributed by atoms with Crippen LogP contribution in [0.3, 0.4) is 0 Å². The van der Waals surface area contributed by atoms with Gasteiger partial charge in [-0.2, -0.15) is 0 Å². The number of benzene rings is 2. The number of aromatic nitrogens is 1. The van der Waals surface area contributed by atoms with Gasteiger partial charge in [-0.05, 0) is 55.7 Å². The summed E-state index contributed by atoms with van der Waals surface area (Å²) in [5.74, 6) is -0.147. The lowest BCUT2D eigenvalue weighted by atomic mass is 10.1. The molecule has 4 rings (SSSR count). The Morgan fingerprint density at radius 3 is 2.50 bits per heavy atom. The number of hydrogen-bond donors (Lipinski definition) is 0. The summed E-state index contributed by atoms with van der Waals surface area (Å²) in [4.78, 5) is 24.5. The fraction of sp³-hybridized carbons (Fsp3) is 0.304. The molecule has 144 valence electrons. The second-order valence-corrected chi connectivity index (χ2v) is 7.27. The molecule has 0 aliphatic heterocycles. The standard InChI is InChI=1S/C23H23NO4/c1-15-11-21(16(2)24(15)19-8-9-19)22(25)13-28-23(26)14-27-20-10-7-17-5-3-4-6-18(17)12-20/h3-7,10-12,19H,8-9,13-14H2,1-2H3. The third kappa shape index (κ3) is 3.79. The number of ketones is 1. The van der Waals surface area contributed by atoms with Crippen LogP contribution in [0.25, 0.3) is 10.8 Å². The molecule has 3 aromatic rings.